The maximum absolute atomic E-state index is 12.9. The standard InChI is InChI=1S/C21H23N5O2/c1-16-13-18(7-8-20(16)26-15-22-23-24-26)21(27)25-11-9-19(10-12-25)28-14-17-5-3-2-4-6-17/h2-8,13,15,19H,9-12,14H2,1H3. The van der Waals surface area contributed by atoms with Crippen LogP contribution in [-0.4, -0.2) is 50.2 Å². The van der Waals surface area contributed by atoms with Crippen molar-refractivity contribution in [2.75, 3.05) is 13.1 Å². The second-order valence-electron chi connectivity index (χ2n) is 7.04. The van der Waals surface area contributed by atoms with E-state index in [4.69, 9.17) is 4.74 Å². The number of benzene rings is 2. The Morgan fingerprint density at radius 2 is 1.93 bits per heavy atom. The number of carbonyl (C=O) groups is 1. The molecular weight excluding hydrogens is 354 g/mol. The number of piperidine rings is 1. The van der Waals surface area contributed by atoms with Crippen LogP contribution in [0.1, 0.15) is 34.3 Å². The Bertz CT molecular complexity index is 919. The summed E-state index contributed by atoms with van der Waals surface area (Å²) >= 11 is 0. The molecule has 144 valence electrons. The van der Waals surface area contributed by atoms with Gasteiger partial charge in [-0.2, -0.15) is 0 Å². The molecule has 7 heteroatoms. The van der Waals surface area contributed by atoms with Gasteiger partial charge in [0.1, 0.15) is 6.33 Å². The van der Waals surface area contributed by atoms with Crippen molar-refractivity contribution in [3.63, 3.8) is 0 Å². The molecule has 0 N–H and O–H groups in total. The van der Waals surface area contributed by atoms with Crippen LogP contribution in [0.3, 0.4) is 0 Å². The summed E-state index contributed by atoms with van der Waals surface area (Å²) in [7, 11) is 0. The fraction of sp³-hybridized carbons (Fsp3) is 0.333. The van der Waals surface area contributed by atoms with Crippen molar-refractivity contribution in [2.45, 2.75) is 32.5 Å². The highest BCUT2D eigenvalue weighted by molar-refractivity contribution is 5.94. The maximum atomic E-state index is 12.9. The number of hydrogen-bond acceptors (Lipinski definition) is 5. The summed E-state index contributed by atoms with van der Waals surface area (Å²) in [4.78, 5) is 14.8. The lowest BCUT2D eigenvalue weighted by Crippen LogP contribution is -2.40. The Morgan fingerprint density at radius 1 is 1.14 bits per heavy atom. The first-order valence-electron chi connectivity index (χ1n) is 9.49. The molecule has 1 amide bonds. The van der Waals surface area contributed by atoms with Crippen molar-refractivity contribution < 1.29 is 9.53 Å². The summed E-state index contributed by atoms with van der Waals surface area (Å²) < 4.78 is 7.62. The molecule has 1 aromatic heterocycles. The van der Waals surface area contributed by atoms with Crippen LogP contribution in [0, 0.1) is 6.92 Å². The molecule has 4 rings (SSSR count). The minimum atomic E-state index is 0.0628. The number of hydrogen-bond donors (Lipinski definition) is 0. The molecule has 1 fully saturated rings. The predicted octanol–water partition coefficient (Wildman–Crippen LogP) is 2.79. The Balaban J connectivity index is 1.33. The molecular formula is C21H23N5O2. The largest absolute Gasteiger partial charge is 0.373 e. The second kappa shape index (κ2) is 8.31. The average molecular weight is 377 g/mol. The van der Waals surface area contributed by atoms with Gasteiger partial charge in [0.25, 0.3) is 5.91 Å². The molecule has 0 atom stereocenters. The van der Waals surface area contributed by atoms with Crippen LogP contribution >= 0.6 is 0 Å². The third kappa shape index (κ3) is 4.09. The quantitative estimate of drug-likeness (QED) is 0.684. The molecule has 0 bridgehead atoms. The fourth-order valence-corrected chi connectivity index (χ4v) is 3.51. The lowest BCUT2D eigenvalue weighted by atomic mass is 10.0. The van der Waals surface area contributed by atoms with Gasteiger partial charge in [-0.3, -0.25) is 4.79 Å². The van der Waals surface area contributed by atoms with E-state index >= 15 is 0 Å². The van der Waals surface area contributed by atoms with E-state index in [0.29, 0.717) is 25.3 Å². The van der Waals surface area contributed by atoms with Crippen LogP contribution in [0.4, 0.5) is 0 Å². The third-order valence-electron chi connectivity index (χ3n) is 5.10. The van der Waals surface area contributed by atoms with Crippen molar-refractivity contribution in [3.8, 4) is 5.69 Å². The zero-order valence-corrected chi connectivity index (χ0v) is 15.9. The molecule has 2 heterocycles. The molecule has 0 aliphatic carbocycles. The van der Waals surface area contributed by atoms with Gasteiger partial charge in [0, 0.05) is 18.7 Å². The molecule has 0 radical (unpaired) electrons. The van der Waals surface area contributed by atoms with Gasteiger partial charge in [0.05, 0.1) is 18.4 Å². The highest BCUT2D eigenvalue weighted by atomic mass is 16.5. The van der Waals surface area contributed by atoms with Crippen molar-refractivity contribution >= 4 is 5.91 Å². The minimum absolute atomic E-state index is 0.0628. The molecule has 2 aromatic carbocycles. The van der Waals surface area contributed by atoms with E-state index in [2.05, 4.69) is 27.7 Å². The van der Waals surface area contributed by atoms with Gasteiger partial charge in [-0.05, 0) is 59.5 Å². The highest BCUT2D eigenvalue weighted by Gasteiger charge is 2.24. The normalized spacial score (nSPS) is 15.0. The summed E-state index contributed by atoms with van der Waals surface area (Å²) in [6, 6.07) is 15.8. The van der Waals surface area contributed by atoms with Gasteiger partial charge in [0.2, 0.25) is 0 Å². The number of likely N-dealkylation sites (tertiary alicyclic amines) is 1. The summed E-state index contributed by atoms with van der Waals surface area (Å²) in [6.45, 7) is 4.01. The monoisotopic (exact) mass is 377 g/mol. The van der Waals surface area contributed by atoms with Crippen LogP contribution in [0.2, 0.25) is 0 Å². The summed E-state index contributed by atoms with van der Waals surface area (Å²) in [6.07, 6.45) is 3.47. The van der Waals surface area contributed by atoms with Crippen molar-refractivity contribution in [3.05, 3.63) is 71.5 Å². The fourth-order valence-electron chi connectivity index (χ4n) is 3.51. The smallest absolute Gasteiger partial charge is 0.253 e. The first-order chi connectivity index (χ1) is 13.7. The van der Waals surface area contributed by atoms with E-state index in [1.807, 2.05) is 48.2 Å². The number of amides is 1. The number of tetrazole rings is 1. The molecule has 28 heavy (non-hydrogen) atoms. The number of aryl methyl sites for hydroxylation is 1. The molecule has 1 aliphatic rings. The lowest BCUT2D eigenvalue weighted by Gasteiger charge is -2.32. The Labute approximate surface area is 163 Å². The van der Waals surface area contributed by atoms with Crippen LogP contribution in [0.15, 0.2) is 54.9 Å². The first-order valence-corrected chi connectivity index (χ1v) is 9.49. The van der Waals surface area contributed by atoms with Crippen LogP contribution in [0.25, 0.3) is 5.69 Å². The van der Waals surface area contributed by atoms with Gasteiger partial charge in [-0.1, -0.05) is 30.3 Å². The minimum Gasteiger partial charge on any atom is -0.373 e. The van der Waals surface area contributed by atoms with Crippen LogP contribution < -0.4 is 0 Å². The molecule has 1 aliphatic heterocycles. The molecule has 0 saturated carbocycles. The van der Waals surface area contributed by atoms with Crippen molar-refractivity contribution in [2.24, 2.45) is 0 Å². The van der Waals surface area contributed by atoms with Crippen LogP contribution in [-0.2, 0) is 11.3 Å². The van der Waals surface area contributed by atoms with Crippen LogP contribution in [0.5, 0.6) is 0 Å². The van der Waals surface area contributed by atoms with E-state index in [0.717, 1.165) is 24.1 Å². The van der Waals surface area contributed by atoms with E-state index < -0.39 is 0 Å². The molecule has 1 saturated heterocycles. The molecule has 3 aromatic rings. The van der Waals surface area contributed by atoms with Gasteiger partial charge >= 0.3 is 0 Å². The summed E-state index contributed by atoms with van der Waals surface area (Å²) in [5, 5.41) is 11.2. The van der Waals surface area contributed by atoms with E-state index in [1.165, 1.54) is 5.56 Å². The zero-order valence-electron chi connectivity index (χ0n) is 15.9. The van der Waals surface area contributed by atoms with Gasteiger partial charge in [-0.25, -0.2) is 4.68 Å². The Kier molecular flexibility index (Phi) is 5.43. The SMILES string of the molecule is Cc1cc(C(=O)N2CCC(OCc3ccccc3)CC2)ccc1-n1cnnn1. The predicted molar refractivity (Wildman–Crippen MR) is 104 cm³/mol. The molecule has 7 nitrogen and oxygen atoms in total. The number of carbonyl (C=O) groups excluding carboxylic acids is 1. The topological polar surface area (TPSA) is 73.1 Å². The number of aromatic nitrogens is 4. The van der Waals surface area contributed by atoms with Crippen molar-refractivity contribution in [1.29, 1.82) is 0 Å². The van der Waals surface area contributed by atoms with Gasteiger partial charge in [-0.15, -0.1) is 5.10 Å². The highest BCUT2D eigenvalue weighted by Crippen LogP contribution is 2.20. The zero-order chi connectivity index (χ0) is 19.3. The summed E-state index contributed by atoms with van der Waals surface area (Å²) in [5.74, 6) is 0.0628. The van der Waals surface area contributed by atoms with E-state index in [1.54, 1.807) is 11.0 Å². The number of nitrogens with zero attached hydrogens (tertiary/aromatic N) is 5. The lowest BCUT2D eigenvalue weighted by molar-refractivity contribution is -0.000381. The Hall–Kier alpha value is -3.06. The van der Waals surface area contributed by atoms with Gasteiger partial charge in [0.15, 0.2) is 0 Å². The van der Waals surface area contributed by atoms with E-state index in [-0.39, 0.29) is 12.0 Å². The summed E-state index contributed by atoms with van der Waals surface area (Å²) in [5.41, 5.74) is 3.70. The van der Waals surface area contributed by atoms with E-state index in [9.17, 15) is 4.79 Å². The number of ether oxygens (including phenoxy) is 1. The molecule has 0 spiro atoms. The average Bonchev–Trinajstić information content (AvgIpc) is 3.27. The Morgan fingerprint density at radius 3 is 2.61 bits per heavy atom. The van der Waals surface area contributed by atoms with Gasteiger partial charge < -0.3 is 9.64 Å². The maximum Gasteiger partial charge on any atom is 0.253 e. The molecule has 0 unspecified atom stereocenters. The van der Waals surface area contributed by atoms with Crippen molar-refractivity contribution in [1.82, 2.24) is 25.1 Å². The first kappa shape index (κ1) is 18.3. The third-order valence-corrected chi connectivity index (χ3v) is 5.10. The second-order valence-corrected chi connectivity index (χ2v) is 7.04. The number of rotatable bonds is 5.